The molecule has 0 aliphatic carbocycles. The maximum atomic E-state index is 12.9. The van der Waals surface area contributed by atoms with Gasteiger partial charge in [0.15, 0.2) is 6.61 Å². The standard InChI is InChI=1S/C28H24F3N5O2/c1-36-16-22(15-33-36)19-8-6-18(7-9-19)12-25-23-13-20(10-11-24(23)34-35-25)27(37)32-14-21-4-2-3-5-26(21)38-17-28(29,30)31/h2-11,13,15-16H,12,14,17H2,1H3,(H,32,37)(H,34,35). The van der Waals surface area contributed by atoms with Gasteiger partial charge in [-0.05, 0) is 35.4 Å². The van der Waals surface area contributed by atoms with Crippen molar-refractivity contribution in [2.45, 2.75) is 19.1 Å². The zero-order chi connectivity index (χ0) is 26.7. The van der Waals surface area contributed by atoms with Gasteiger partial charge in [-0.3, -0.25) is 14.6 Å². The molecule has 3 aromatic carbocycles. The number of hydrogen-bond donors (Lipinski definition) is 2. The SMILES string of the molecule is Cn1cc(-c2ccc(Cc3[nH]nc4ccc(C(=O)NCc5ccccc5OCC(F)(F)F)cc34)cc2)cn1. The summed E-state index contributed by atoms with van der Waals surface area (Å²) in [6.45, 7) is -1.38. The van der Waals surface area contributed by atoms with Gasteiger partial charge in [-0.25, -0.2) is 0 Å². The third-order valence-electron chi connectivity index (χ3n) is 6.07. The minimum absolute atomic E-state index is 0.0203. The number of para-hydroxylation sites is 1. The van der Waals surface area contributed by atoms with Crippen LogP contribution < -0.4 is 10.1 Å². The number of ether oxygens (including phenoxy) is 1. The van der Waals surface area contributed by atoms with Crippen molar-refractivity contribution in [1.29, 1.82) is 0 Å². The third kappa shape index (κ3) is 5.86. The van der Waals surface area contributed by atoms with E-state index in [0.29, 0.717) is 17.5 Å². The van der Waals surface area contributed by atoms with Crippen molar-refractivity contribution < 1.29 is 22.7 Å². The van der Waals surface area contributed by atoms with Gasteiger partial charge >= 0.3 is 6.18 Å². The summed E-state index contributed by atoms with van der Waals surface area (Å²) >= 11 is 0. The molecule has 0 unspecified atom stereocenters. The average molecular weight is 520 g/mol. The Morgan fingerprint density at radius 3 is 2.58 bits per heavy atom. The van der Waals surface area contributed by atoms with Crippen molar-refractivity contribution >= 4 is 16.8 Å². The molecule has 0 aliphatic heterocycles. The molecule has 5 rings (SSSR count). The largest absolute Gasteiger partial charge is 0.484 e. The number of aromatic amines is 1. The first kappa shape index (κ1) is 25.1. The number of amides is 1. The monoisotopic (exact) mass is 519 g/mol. The van der Waals surface area contributed by atoms with Crippen LogP contribution in [0.5, 0.6) is 5.75 Å². The Morgan fingerprint density at radius 1 is 1.05 bits per heavy atom. The highest BCUT2D eigenvalue weighted by atomic mass is 19.4. The number of aromatic nitrogens is 4. The summed E-state index contributed by atoms with van der Waals surface area (Å²) in [6.07, 6.45) is -0.0788. The second-order valence-corrected chi connectivity index (χ2v) is 8.90. The topological polar surface area (TPSA) is 84.8 Å². The predicted octanol–water partition coefficient (Wildman–Crippen LogP) is 5.43. The van der Waals surface area contributed by atoms with E-state index in [2.05, 4.69) is 20.6 Å². The summed E-state index contributed by atoms with van der Waals surface area (Å²) in [4.78, 5) is 12.9. The lowest BCUT2D eigenvalue weighted by atomic mass is 10.0. The fourth-order valence-corrected chi connectivity index (χ4v) is 4.16. The molecule has 0 aliphatic rings. The Bertz CT molecular complexity index is 1570. The fourth-order valence-electron chi connectivity index (χ4n) is 4.16. The molecule has 7 nitrogen and oxygen atoms in total. The van der Waals surface area contributed by atoms with Crippen molar-refractivity contribution in [3.8, 4) is 16.9 Å². The van der Waals surface area contributed by atoms with Crippen LogP contribution in [-0.4, -0.2) is 38.7 Å². The summed E-state index contributed by atoms with van der Waals surface area (Å²) < 4.78 is 44.3. The van der Waals surface area contributed by atoms with E-state index < -0.39 is 12.8 Å². The third-order valence-corrected chi connectivity index (χ3v) is 6.07. The van der Waals surface area contributed by atoms with E-state index in [4.69, 9.17) is 4.74 Å². The average Bonchev–Trinajstić information content (AvgIpc) is 3.52. The van der Waals surface area contributed by atoms with Crippen LogP contribution in [0.3, 0.4) is 0 Å². The fraction of sp³-hybridized carbons (Fsp3) is 0.179. The lowest BCUT2D eigenvalue weighted by Gasteiger charge is -2.13. The van der Waals surface area contributed by atoms with E-state index in [9.17, 15) is 18.0 Å². The number of nitrogens with zero attached hydrogens (tertiary/aromatic N) is 3. The van der Waals surface area contributed by atoms with Gasteiger partial charge in [-0.2, -0.15) is 23.4 Å². The lowest BCUT2D eigenvalue weighted by Crippen LogP contribution is -2.24. The highest BCUT2D eigenvalue weighted by molar-refractivity contribution is 5.98. The summed E-state index contributed by atoms with van der Waals surface area (Å²) in [6, 6.07) is 19.7. The number of rotatable bonds is 8. The van der Waals surface area contributed by atoms with Crippen LogP contribution in [-0.2, 0) is 20.0 Å². The van der Waals surface area contributed by atoms with E-state index in [-0.39, 0.29) is 18.2 Å². The summed E-state index contributed by atoms with van der Waals surface area (Å²) in [5, 5.41) is 15.2. The van der Waals surface area contributed by atoms with Crippen molar-refractivity contribution in [1.82, 2.24) is 25.3 Å². The Balaban J connectivity index is 1.28. The van der Waals surface area contributed by atoms with E-state index in [1.165, 1.54) is 6.07 Å². The van der Waals surface area contributed by atoms with Crippen molar-refractivity contribution in [3.63, 3.8) is 0 Å². The molecule has 1 amide bonds. The van der Waals surface area contributed by atoms with Gasteiger partial charge in [-0.15, -0.1) is 0 Å². The number of benzene rings is 3. The number of fused-ring (bicyclic) bond motifs is 1. The molecule has 5 aromatic rings. The Morgan fingerprint density at radius 2 is 1.84 bits per heavy atom. The minimum Gasteiger partial charge on any atom is -0.484 e. The summed E-state index contributed by atoms with van der Waals surface area (Å²) in [5.74, 6) is -0.280. The van der Waals surface area contributed by atoms with Crippen molar-refractivity contribution in [2.75, 3.05) is 6.61 Å². The number of nitrogens with one attached hydrogen (secondary N) is 2. The molecular weight excluding hydrogens is 495 g/mol. The number of halogens is 3. The molecule has 0 saturated carbocycles. The van der Waals surface area contributed by atoms with Gasteiger partial charge < -0.3 is 10.1 Å². The molecule has 2 aromatic heterocycles. The Labute approximate surface area is 216 Å². The zero-order valence-electron chi connectivity index (χ0n) is 20.4. The van der Waals surface area contributed by atoms with Gasteiger partial charge in [0.2, 0.25) is 0 Å². The van der Waals surface area contributed by atoms with Crippen LogP contribution in [0, 0.1) is 0 Å². The highest BCUT2D eigenvalue weighted by Crippen LogP contribution is 2.24. The van der Waals surface area contributed by atoms with Crippen LogP contribution in [0.2, 0.25) is 0 Å². The number of aryl methyl sites for hydroxylation is 1. The molecule has 38 heavy (non-hydrogen) atoms. The molecule has 194 valence electrons. The van der Waals surface area contributed by atoms with Crippen LogP contribution in [0.4, 0.5) is 13.2 Å². The van der Waals surface area contributed by atoms with Gasteiger partial charge in [0.1, 0.15) is 5.75 Å². The molecule has 2 N–H and O–H groups in total. The van der Waals surface area contributed by atoms with Gasteiger partial charge in [0.05, 0.1) is 11.7 Å². The van der Waals surface area contributed by atoms with Gasteiger partial charge in [0, 0.05) is 54.0 Å². The van der Waals surface area contributed by atoms with Crippen LogP contribution in [0.1, 0.15) is 27.2 Å². The highest BCUT2D eigenvalue weighted by Gasteiger charge is 2.28. The normalized spacial score (nSPS) is 11.6. The quantitative estimate of drug-likeness (QED) is 0.287. The summed E-state index contributed by atoms with van der Waals surface area (Å²) in [5.41, 5.74) is 5.65. The molecule has 0 saturated heterocycles. The smallest absolute Gasteiger partial charge is 0.422 e. The molecule has 0 atom stereocenters. The van der Waals surface area contributed by atoms with E-state index in [1.54, 1.807) is 41.1 Å². The number of hydrogen-bond acceptors (Lipinski definition) is 4. The van der Waals surface area contributed by atoms with E-state index in [0.717, 1.165) is 33.3 Å². The molecule has 0 fully saturated rings. The predicted molar refractivity (Wildman–Crippen MR) is 137 cm³/mol. The van der Waals surface area contributed by atoms with Crippen LogP contribution in [0.25, 0.3) is 22.0 Å². The Kier molecular flexibility index (Phi) is 6.87. The first-order valence-corrected chi connectivity index (χ1v) is 11.9. The van der Waals surface area contributed by atoms with Gasteiger partial charge in [-0.1, -0.05) is 42.5 Å². The molecule has 0 spiro atoms. The van der Waals surface area contributed by atoms with E-state index >= 15 is 0 Å². The second-order valence-electron chi connectivity index (χ2n) is 8.90. The Hall–Kier alpha value is -4.60. The number of carbonyl (C=O) groups excluding carboxylic acids is 1. The minimum atomic E-state index is -4.45. The zero-order valence-corrected chi connectivity index (χ0v) is 20.4. The number of H-pyrrole nitrogens is 1. The number of carbonyl (C=O) groups is 1. The van der Waals surface area contributed by atoms with Crippen molar-refractivity contribution in [2.24, 2.45) is 7.05 Å². The molecule has 2 heterocycles. The van der Waals surface area contributed by atoms with Crippen LogP contribution >= 0.6 is 0 Å². The first-order chi connectivity index (χ1) is 18.2. The second kappa shape index (κ2) is 10.4. The molecule has 10 heteroatoms. The first-order valence-electron chi connectivity index (χ1n) is 11.9. The van der Waals surface area contributed by atoms with E-state index in [1.807, 2.05) is 43.7 Å². The maximum Gasteiger partial charge on any atom is 0.422 e. The van der Waals surface area contributed by atoms with Gasteiger partial charge in [0.25, 0.3) is 5.91 Å². The maximum absolute atomic E-state index is 12.9. The number of alkyl halides is 3. The molecular formula is C28H24F3N5O2. The summed E-state index contributed by atoms with van der Waals surface area (Å²) in [7, 11) is 1.88. The molecule has 0 bridgehead atoms. The van der Waals surface area contributed by atoms with Crippen LogP contribution in [0.15, 0.2) is 79.1 Å². The molecule has 0 radical (unpaired) electrons. The van der Waals surface area contributed by atoms with Crippen molar-refractivity contribution in [3.05, 3.63) is 102 Å². The lowest BCUT2D eigenvalue weighted by molar-refractivity contribution is -0.153.